The highest BCUT2D eigenvalue weighted by atomic mass is 16.5. The summed E-state index contributed by atoms with van der Waals surface area (Å²) in [6, 6.07) is 5.28. The molecule has 0 saturated heterocycles. The van der Waals surface area contributed by atoms with Crippen LogP contribution >= 0.6 is 0 Å². The number of ketones is 1. The summed E-state index contributed by atoms with van der Waals surface area (Å²) in [5.41, 5.74) is 1.48. The summed E-state index contributed by atoms with van der Waals surface area (Å²) >= 11 is 0. The Kier molecular flexibility index (Phi) is 5.43. The monoisotopic (exact) mass is 248 g/mol. The number of Topliss-reactive ketones (excluding diaryl/α,β-unsaturated/α-hetero) is 1. The number of carbonyl (C=O) groups is 1. The van der Waals surface area contributed by atoms with E-state index in [1.165, 1.54) is 0 Å². The molecular formula is C15H20O3. The average molecular weight is 248 g/mol. The molecule has 1 aromatic carbocycles. The summed E-state index contributed by atoms with van der Waals surface area (Å²) in [6.07, 6.45) is 0.361. The van der Waals surface area contributed by atoms with Gasteiger partial charge in [-0.2, -0.15) is 0 Å². The summed E-state index contributed by atoms with van der Waals surface area (Å²) in [5, 5.41) is 0. The van der Waals surface area contributed by atoms with Crippen molar-refractivity contribution in [2.75, 3.05) is 13.2 Å². The lowest BCUT2D eigenvalue weighted by molar-refractivity contribution is 0.0992. The fourth-order valence-electron chi connectivity index (χ4n) is 1.60. The zero-order valence-corrected chi connectivity index (χ0v) is 11.3. The smallest absolute Gasteiger partial charge is 0.167 e. The molecule has 0 N–H and O–H groups in total. The third-order valence-electron chi connectivity index (χ3n) is 2.33. The van der Waals surface area contributed by atoms with Crippen molar-refractivity contribution < 1.29 is 14.3 Å². The third-order valence-corrected chi connectivity index (χ3v) is 2.33. The second-order valence-electron chi connectivity index (χ2n) is 4.08. The minimum atomic E-state index is 0.0477. The van der Waals surface area contributed by atoms with Crippen LogP contribution in [0.5, 0.6) is 11.5 Å². The Morgan fingerprint density at radius 1 is 1.17 bits per heavy atom. The molecule has 3 heteroatoms. The number of allylic oxidation sites excluding steroid dienone is 1. The molecule has 0 amide bonds. The molecular weight excluding hydrogens is 228 g/mol. The highest BCUT2D eigenvalue weighted by molar-refractivity contribution is 5.98. The van der Waals surface area contributed by atoms with Crippen LogP contribution < -0.4 is 9.47 Å². The third kappa shape index (κ3) is 3.91. The second kappa shape index (κ2) is 6.84. The summed E-state index contributed by atoms with van der Waals surface area (Å²) in [7, 11) is 0. The largest absolute Gasteiger partial charge is 0.490 e. The van der Waals surface area contributed by atoms with E-state index in [1.54, 1.807) is 18.2 Å². The first-order chi connectivity index (χ1) is 8.58. The lowest BCUT2D eigenvalue weighted by Gasteiger charge is -2.12. The summed E-state index contributed by atoms with van der Waals surface area (Å²) in [6.45, 7) is 10.5. The fourth-order valence-corrected chi connectivity index (χ4v) is 1.60. The predicted octanol–water partition coefficient (Wildman–Crippen LogP) is 3.63. The van der Waals surface area contributed by atoms with Crippen LogP contribution in [0.2, 0.25) is 0 Å². The second-order valence-corrected chi connectivity index (χ2v) is 4.08. The van der Waals surface area contributed by atoms with Gasteiger partial charge >= 0.3 is 0 Å². The van der Waals surface area contributed by atoms with Crippen LogP contribution in [0.3, 0.4) is 0 Å². The molecule has 0 spiro atoms. The number of carbonyl (C=O) groups excluding carboxylic acids is 1. The van der Waals surface area contributed by atoms with E-state index in [-0.39, 0.29) is 5.78 Å². The van der Waals surface area contributed by atoms with Crippen LogP contribution in [0.15, 0.2) is 30.4 Å². The van der Waals surface area contributed by atoms with Gasteiger partial charge in [0, 0.05) is 12.0 Å². The van der Waals surface area contributed by atoms with Gasteiger partial charge in [0.15, 0.2) is 17.3 Å². The molecule has 0 atom stereocenters. The maximum atomic E-state index is 11.9. The first-order valence-electron chi connectivity index (χ1n) is 6.15. The van der Waals surface area contributed by atoms with Gasteiger partial charge in [-0.3, -0.25) is 4.79 Å². The first-order valence-corrected chi connectivity index (χ1v) is 6.15. The van der Waals surface area contributed by atoms with Crippen molar-refractivity contribution in [2.45, 2.75) is 27.2 Å². The molecule has 0 radical (unpaired) electrons. The summed E-state index contributed by atoms with van der Waals surface area (Å²) in [5.74, 6) is 1.34. The lowest BCUT2D eigenvalue weighted by Crippen LogP contribution is -2.03. The Labute approximate surface area is 108 Å². The summed E-state index contributed by atoms with van der Waals surface area (Å²) in [4.78, 5) is 11.9. The van der Waals surface area contributed by atoms with Crippen molar-refractivity contribution in [3.63, 3.8) is 0 Å². The van der Waals surface area contributed by atoms with Crippen molar-refractivity contribution in [3.8, 4) is 11.5 Å². The zero-order chi connectivity index (χ0) is 13.5. The molecule has 3 nitrogen and oxygen atoms in total. The van der Waals surface area contributed by atoms with E-state index in [0.717, 1.165) is 5.57 Å². The molecule has 18 heavy (non-hydrogen) atoms. The molecule has 1 aromatic rings. The van der Waals surface area contributed by atoms with E-state index in [0.29, 0.717) is 36.7 Å². The van der Waals surface area contributed by atoms with E-state index in [4.69, 9.17) is 9.47 Å². The number of ether oxygens (including phenoxy) is 2. The van der Waals surface area contributed by atoms with Crippen LogP contribution in [0.25, 0.3) is 0 Å². The molecule has 0 bridgehead atoms. The number of hydrogen-bond acceptors (Lipinski definition) is 3. The molecule has 0 aliphatic carbocycles. The maximum absolute atomic E-state index is 11.9. The van der Waals surface area contributed by atoms with E-state index >= 15 is 0 Å². The highest BCUT2D eigenvalue weighted by Crippen LogP contribution is 2.29. The zero-order valence-electron chi connectivity index (χ0n) is 11.3. The Morgan fingerprint density at radius 2 is 1.78 bits per heavy atom. The van der Waals surface area contributed by atoms with Gasteiger partial charge in [-0.25, -0.2) is 0 Å². The standard InChI is InChI=1S/C15H20O3/c1-5-17-14-8-7-12(10-15(14)18-6-2)13(16)9-11(3)4/h7-8,10H,3,5-6,9H2,1-2,4H3. The van der Waals surface area contributed by atoms with E-state index < -0.39 is 0 Å². The minimum Gasteiger partial charge on any atom is -0.490 e. The van der Waals surface area contributed by atoms with Crippen LogP contribution in [-0.2, 0) is 0 Å². The Morgan fingerprint density at radius 3 is 2.33 bits per heavy atom. The van der Waals surface area contributed by atoms with Crippen LogP contribution in [0, 0.1) is 0 Å². The van der Waals surface area contributed by atoms with Crippen molar-refractivity contribution in [2.24, 2.45) is 0 Å². The average Bonchev–Trinajstić information content (AvgIpc) is 2.31. The molecule has 1 rings (SSSR count). The van der Waals surface area contributed by atoms with Gasteiger partial charge in [-0.05, 0) is 39.0 Å². The molecule has 0 aromatic heterocycles. The molecule has 98 valence electrons. The quantitative estimate of drug-likeness (QED) is 0.546. The van der Waals surface area contributed by atoms with Gasteiger partial charge in [0.1, 0.15) is 0 Å². The SMILES string of the molecule is C=C(C)CC(=O)c1ccc(OCC)c(OCC)c1. The van der Waals surface area contributed by atoms with Crippen molar-refractivity contribution in [1.29, 1.82) is 0 Å². The lowest BCUT2D eigenvalue weighted by atomic mass is 10.0. The van der Waals surface area contributed by atoms with Crippen LogP contribution in [0.1, 0.15) is 37.6 Å². The van der Waals surface area contributed by atoms with Crippen molar-refractivity contribution >= 4 is 5.78 Å². The predicted molar refractivity (Wildman–Crippen MR) is 72.5 cm³/mol. The molecule has 0 unspecified atom stereocenters. The maximum Gasteiger partial charge on any atom is 0.167 e. The molecule has 0 fully saturated rings. The summed E-state index contributed by atoms with van der Waals surface area (Å²) < 4.78 is 10.9. The van der Waals surface area contributed by atoms with Crippen molar-refractivity contribution in [3.05, 3.63) is 35.9 Å². The molecule has 0 aliphatic rings. The van der Waals surface area contributed by atoms with Gasteiger partial charge in [0.05, 0.1) is 13.2 Å². The molecule has 0 saturated carbocycles. The number of rotatable bonds is 7. The number of hydrogen-bond donors (Lipinski definition) is 0. The van der Waals surface area contributed by atoms with Gasteiger partial charge in [0.25, 0.3) is 0 Å². The minimum absolute atomic E-state index is 0.0477. The van der Waals surface area contributed by atoms with E-state index in [2.05, 4.69) is 6.58 Å². The fraction of sp³-hybridized carbons (Fsp3) is 0.400. The van der Waals surface area contributed by atoms with Crippen molar-refractivity contribution in [1.82, 2.24) is 0 Å². The van der Waals surface area contributed by atoms with Gasteiger partial charge in [0.2, 0.25) is 0 Å². The molecule has 0 heterocycles. The van der Waals surface area contributed by atoms with Gasteiger partial charge in [-0.1, -0.05) is 12.2 Å². The topological polar surface area (TPSA) is 35.5 Å². The Balaban J connectivity index is 2.98. The van der Waals surface area contributed by atoms with Gasteiger partial charge < -0.3 is 9.47 Å². The normalized spacial score (nSPS) is 9.94. The van der Waals surface area contributed by atoms with Crippen LogP contribution in [0.4, 0.5) is 0 Å². The number of benzene rings is 1. The highest BCUT2D eigenvalue weighted by Gasteiger charge is 2.11. The molecule has 0 aliphatic heterocycles. The van der Waals surface area contributed by atoms with E-state index in [1.807, 2.05) is 20.8 Å². The van der Waals surface area contributed by atoms with Gasteiger partial charge in [-0.15, -0.1) is 0 Å². The Bertz CT molecular complexity index is 435. The van der Waals surface area contributed by atoms with E-state index in [9.17, 15) is 4.79 Å². The Hall–Kier alpha value is -1.77. The van der Waals surface area contributed by atoms with Crippen LogP contribution in [-0.4, -0.2) is 19.0 Å². The first kappa shape index (κ1) is 14.3.